The second kappa shape index (κ2) is 6.90. The highest BCUT2D eigenvalue weighted by atomic mass is 16.5. The number of amides is 1. The van der Waals surface area contributed by atoms with Crippen LogP contribution in [0.1, 0.15) is 13.8 Å². The Labute approximate surface area is 123 Å². The summed E-state index contributed by atoms with van der Waals surface area (Å²) in [6.07, 6.45) is -0.513. The maximum absolute atomic E-state index is 11.9. The van der Waals surface area contributed by atoms with Crippen molar-refractivity contribution in [1.82, 2.24) is 10.2 Å². The number of rotatable bonds is 6. The Morgan fingerprint density at radius 1 is 1.43 bits per heavy atom. The number of carbonyl (C=O) groups is 1. The third-order valence-electron chi connectivity index (χ3n) is 3.01. The molecule has 0 bridgehead atoms. The first-order valence-corrected chi connectivity index (χ1v) is 6.77. The number of anilines is 1. The lowest BCUT2D eigenvalue weighted by Gasteiger charge is -2.09. The summed E-state index contributed by atoms with van der Waals surface area (Å²) in [5, 5.41) is 9.68. The number of carbonyl (C=O) groups excluding carboxylic acids is 1. The van der Waals surface area contributed by atoms with E-state index in [1.807, 2.05) is 31.2 Å². The molecule has 0 aliphatic heterocycles. The zero-order valence-electron chi connectivity index (χ0n) is 12.3. The molecule has 6 nitrogen and oxygen atoms in total. The summed E-state index contributed by atoms with van der Waals surface area (Å²) in [5.41, 5.74) is 1.65. The molecule has 0 fully saturated rings. The standard InChI is InChI=1S/C15H19N3O3/c1-4-21-10(2)15(19)16-14-9-12(17-18-14)11-7-5-6-8-13(11)20-3/h5-10H,4H2,1-3H3,(H2,16,17,18,19)/t10-/m1/s1. The molecule has 0 saturated carbocycles. The predicted octanol–water partition coefficient (Wildman–Crippen LogP) is 2.45. The number of nitrogens with zero attached hydrogens (tertiary/aromatic N) is 1. The van der Waals surface area contributed by atoms with Gasteiger partial charge in [0, 0.05) is 18.2 Å². The third-order valence-corrected chi connectivity index (χ3v) is 3.01. The first kappa shape index (κ1) is 15.1. The Morgan fingerprint density at radius 2 is 2.19 bits per heavy atom. The Balaban J connectivity index is 2.13. The average molecular weight is 289 g/mol. The van der Waals surface area contributed by atoms with Gasteiger partial charge in [0.2, 0.25) is 0 Å². The van der Waals surface area contributed by atoms with E-state index in [0.717, 1.165) is 17.0 Å². The van der Waals surface area contributed by atoms with Crippen molar-refractivity contribution in [2.24, 2.45) is 0 Å². The summed E-state index contributed by atoms with van der Waals surface area (Å²) in [4.78, 5) is 11.9. The molecular formula is C15H19N3O3. The van der Waals surface area contributed by atoms with Gasteiger partial charge in [0.1, 0.15) is 11.9 Å². The number of para-hydroxylation sites is 1. The topological polar surface area (TPSA) is 76.2 Å². The fourth-order valence-electron chi connectivity index (χ4n) is 1.94. The molecule has 6 heteroatoms. The molecule has 112 valence electrons. The van der Waals surface area contributed by atoms with Gasteiger partial charge in [-0.3, -0.25) is 9.89 Å². The minimum atomic E-state index is -0.513. The number of benzene rings is 1. The largest absolute Gasteiger partial charge is 0.496 e. The minimum absolute atomic E-state index is 0.227. The lowest BCUT2D eigenvalue weighted by Crippen LogP contribution is -2.27. The number of nitrogens with one attached hydrogen (secondary N) is 2. The van der Waals surface area contributed by atoms with Crippen molar-refractivity contribution in [2.45, 2.75) is 20.0 Å². The smallest absolute Gasteiger partial charge is 0.254 e. The molecule has 2 rings (SSSR count). The minimum Gasteiger partial charge on any atom is -0.496 e. The van der Waals surface area contributed by atoms with Crippen molar-refractivity contribution in [3.8, 4) is 17.0 Å². The van der Waals surface area contributed by atoms with Crippen molar-refractivity contribution >= 4 is 11.7 Å². The number of aromatic amines is 1. The van der Waals surface area contributed by atoms with Crippen LogP contribution in [0.25, 0.3) is 11.3 Å². The van der Waals surface area contributed by atoms with Gasteiger partial charge in [0.05, 0.1) is 12.8 Å². The number of hydrogen-bond acceptors (Lipinski definition) is 4. The molecule has 0 spiro atoms. The number of methoxy groups -OCH3 is 1. The zero-order chi connectivity index (χ0) is 15.2. The third kappa shape index (κ3) is 3.61. The van der Waals surface area contributed by atoms with Gasteiger partial charge in [-0.1, -0.05) is 12.1 Å². The first-order valence-electron chi connectivity index (χ1n) is 6.77. The van der Waals surface area contributed by atoms with E-state index in [1.54, 1.807) is 20.1 Å². The molecule has 1 amide bonds. The van der Waals surface area contributed by atoms with Crippen LogP contribution < -0.4 is 10.1 Å². The van der Waals surface area contributed by atoms with E-state index in [9.17, 15) is 4.79 Å². The monoisotopic (exact) mass is 289 g/mol. The maximum Gasteiger partial charge on any atom is 0.254 e. The van der Waals surface area contributed by atoms with Crippen LogP contribution in [0, 0.1) is 0 Å². The summed E-state index contributed by atoms with van der Waals surface area (Å²) in [6, 6.07) is 9.35. The lowest BCUT2D eigenvalue weighted by molar-refractivity contribution is -0.126. The molecular weight excluding hydrogens is 270 g/mol. The van der Waals surface area contributed by atoms with E-state index in [2.05, 4.69) is 15.5 Å². The van der Waals surface area contributed by atoms with Gasteiger partial charge in [-0.2, -0.15) is 5.10 Å². The molecule has 0 aliphatic carbocycles. The highest BCUT2D eigenvalue weighted by Gasteiger charge is 2.15. The van der Waals surface area contributed by atoms with Crippen LogP contribution in [0.3, 0.4) is 0 Å². The number of H-pyrrole nitrogens is 1. The highest BCUT2D eigenvalue weighted by molar-refractivity contribution is 5.93. The summed E-state index contributed by atoms with van der Waals surface area (Å²) in [6.45, 7) is 4.03. The average Bonchev–Trinajstić information content (AvgIpc) is 2.95. The second-order valence-electron chi connectivity index (χ2n) is 4.45. The van der Waals surface area contributed by atoms with E-state index in [0.29, 0.717) is 12.4 Å². The second-order valence-corrected chi connectivity index (χ2v) is 4.45. The molecule has 21 heavy (non-hydrogen) atoms. The van der Waals surface area contributed by atoms with Gasteiger partial charge in [0.15, 0.2) is 5.82 Å². The number of ether oxygens (including phenoxy) is 2. The molecule has 2 N–H and O–H groups in total. The van der Waals surface area contributed by atoms with E-state index < -0.39 is 6.10 Å². The molecule has 2 aromatic rings. The molecule has 0 aliphatic rings. The molecule has 1 atom stereocenters. The molecule has 0 saturated heterocycles. The van der Waals surface area contributed by atoms with Crippen LogP contribution in [0.5, 0.6) is 5.75 Å². The first-order chi connectivity index (χ1) is 10.2. The number of hydrogen-bond donors (Lipinski definition) is 2. The summed E-state index contributed by atoms with van der Waals surface area (Å²) in [5.74, 6) is 0.962. The molecule has 0 unspecified atom stereocenters. The van der Waals surface area contributed by atoms with Gasteiger partial charge in [0.25, 0.3) is 5.91 Å². The van der Waals surface area contributed by atoms with Crippen molar-refractivity contribution in [3.05, 3.63) is 30.3 Å². The summed E-state index contributed by atoms with van der Waals surface area (Å²) in [7, 11) is 1.61. The SMILES string of the molecule is CCO[C@H](C)C(=O)Nc1cc(-c2ccccc2OC)[nH]n1. The van der Waals surface area contributed by atoms with Crippen LogP contribution in [-0.4, -0.2) is 35.9 Å². The fraction of sp³-hybridized carbons (Fsp3) is 0.333. The molecule has 0 radical (unpaired) electrons. The van der Waals surface area contributed by atoms with Crippen molar-refractivity contribution in [3.63, 3.8) is 0 Å². The Kier molecular flexibility index (Phi) is 4.94. The Morgan fingerprint density at radius 3 is 2.90 bits per heavy atom. The van der Waals surface area contributed by atoms with Crippen LogP contribution in [0.2, 0.25) is 0 Å². The molecule has 1 aromatic heterocycles. The van der Waals surface area contributed by atoms with Gasteiger partial charge in [-0.05, 0) is 26.0 Å². The van der Waals surface area contributed by atoms with Gasteiger partial charge < -0.3 is 14.8 Å². The highest BCUT2D eigenvalue weighted by Crippen LogP contribution is 2.29. The predicted molar refractivity (Wildman–Crippen MR) is 80.3 cm³/mol. The quantitative estimate of drug-likeness (QED) is 0.856. The summed E-state index contributed by atoms with van der Waals surface area (Å²) < 4.78 is 10.5. The van der Waals surface area contributed by atoms with Crippen molar-refractivity contribution < 1.29 is 14.3 Å². The Hall–Kier alpha value is -2.34. The molecule has 1 aromatic carbocycles. The fourth-order valence-corrected chi connectivity index (χ4v) is 1.94. The number of aromatic nitrogens is 2. The van der Waals surface area contributed by atoms with Crippen molar-refractivity contribution in [1.29, 1.82) is 0 Å². The van der Waals surface area contributed by atoms with E-state index in [-0.39, 0.29) is 5.91 Å². The van der Waals surface area contributed by atoms with Gasteiger partial charge >= 0.3 is 0 Å². The van der Waals surface area contributed by atoms with Crippen LogP contribution in [-0.2, 0) is 9.53 Å². The van der Waals surface area contributed by atoms with Crippen LogP contribution >= 0.6 is 0 Å². The zero-order valence-corrected chi connectivity index (χ0v) is 12.3. The van der Waals surface area contributed by atoms with Gasteiger partial charge in [-0.25, -0.2) is 0 Å². The van der Waals surface area contributed by atoms with E-state index in [1.165, 1.54) is 0 Å². The van der Waals surface area contributed by atoms with Crippen molar-refractivity contribution in [2.75, 3.05) is 19.0 Å². The van der Waals surface area contributed by atoms with Crippen LogP contribution in [0.15, 0.2) is 30.3 Å². The van der Waals surface area contributed by atoms with Crippen LogP contribution in [0.4, 0.5) is 5.82 Å². The van der Waals surface area contributed by atoms with E-state index in [4.69, 9.17) is 9.47 Å². The van der Waals surface area contributed by atoms with E-state index >= 15 is 0 Å². The van der Waals surface area contributed by atoms with Gasteiger partial charge in [-0.15, -0.1) is 0 Å². The maximum atomic E-state index is 11.9. The molecule has 1 heterocycles. The summed E-state index contributed by atoms with van der Waals surface area (Å²) >= 11 is 0. The lowest BCUT2D eigenvalue weighted by atomic mass is 10.1. The Bertz CT molecular complexity index is 610. The normalized spacial score (nSPS) is 12.0.